The lowest BCUT2D eigenvalue weighted by molar-refractivity contribution is -0.148. The van der Waals surface area contributed by atoms with Crippen LogP contribution in [0.3, 0.4) is 0 Å². The van der Waals surface area contributed by atoms with Crippen molar-refractivity contribution in [3.05, 3.63) is 71.8 Å². The van der Waals surface area contributed by atoms with E-state index in [2.05, 4.69) is 10.6 Å². The van der Waals surface area contributed by atoms with Gasteiger partial charge in [0.25, 0.3) is 0 Å². The van der Waals surface area contributed by atoms with Gasteiger partial charge < -0.3 is 20.1 Å². The molecule has 0 fully saturated rings. The van der Waals surface area contributed by atoms with E-state index in [-0.39, 0.29) is 19.1 Å². The molecule has 0 saturated carbocycles. The number of carbonyl (C=O) groups is 3. The predicted octanol–water partition coefficient (Wildman–Crippen LogP) is 3.58. The van der Waals surface area contributed by atoms with E-state index in [9.17, 15) is 14.4 Å². The molecule has 0 aliphatic rings. The number of ether oxygens (including phenoxy) is 2. The highest BCUT2D eigenvalue weighted by Crippen LogP contribution is 2.08. The number of hydrogen-bond donors (Lipinski definition) is 2. The Kier molecular flexibility index (Phi) is 9.55. The molecule has 1 unspecified atom stereocenters. The van der Waals surface area contributed by atoms with Crippen molar-refractivity contribution in [3.63, 3.8) is 0 Å². The third kappa shape index (κ3) is 8.90. The summed E-state index contributed by atoms with van der Waals surface area (Å²) in [5.74, 6) is -0.868. The number of amides is 2. The zero-order valence-electron chi connectivity index (χ0n) is 18.2. The normalized spacial score (nSPS) is 12.5. The summed E-state index contributed by atoms with van der Waals surface area (Å²) in [6.07, 6.45) is -0.290. The van der Waals surface area contributed by atoms with Crippen molar-refractivity contribution < 1.29 is 23.9 Å². The topological polar surface area (TPSA) is 93.7 Å². The molecular formula is C24H30N2O5. The van der Waals surface area contributed by atoms with Crippen molar-refractivity contribution in [2.45, 2.75) is 52.5 Å². The maximum Gasteiger partial charge on any atom is 0.408 e. The van der Waals surface area contributed by atoms with E-state index in [1.165, 1.54) is 0 Å². The molecule has 7 heteroatoms. The molecule has 0 aliphatic carbocycles. The van der Waals surface area contributed by atoms with Crippen LogP contribution in [0.2, 0.25) is 0 Å². The van der Waals surface area contributed by atoms with Gasteiger partial charge in [0.1, 0.15) is 25.3 Å². The van der Waals surface area contributed by atoms with Crippen molar-refractivity contribution in [1.29, 1.82) is 0 Å². The zero-order chi connectivity index (χ0) is 22.6. The summed E-state index contributed by atoms with van der Waals surface area (Å²) in [4.78, 5) is 37.1. The van der Waals surface area contributed by atoms with Gasteiger partial charge in [-0.15, -0.1) is 0 Å². The van der Waals surface area contributed by atoms with E-state index in [1.54, 1.807) is 6.92 Å². The minimum atomic E-state index is -0.854. The van der Waals surface area contributed by atoms with Gasteiger partial charge in [-0.3, -0.25) is 4.79 Å². The number of hydrogen-bond acceptors (Lipinski definition) is 5. The van der Waals surface area contributed by atoms with Crippen LogP contribution in [0.25, 0.3) is 0 Å². The van der Waals surface area contributed by atoms with Gasteiger partial charge in [-0.05, 0) is 30.4 Å². The second-order valence-electron chi connectivity index (χ2n) is 7.71. The first-order chi connectivity index (χ1) is 14.8. The van der Waals surface area contributed by atoms with Gasteiger partial charge in [-0.25, -0.2) is 9.59 Å². The van der Waals surface area contributed by atoms with E-state index >= 15 is 0 Å². The Bertz CT molecular complexity index is 840. The number of carbonyl (C=O) groups excluding carboxylic acids is 3. The monoisotopic (exact) mass is 426 g/mol. The lowest BCUT2D eigenvalue weighted by Crippen LogP contribution is -2.51. The van der Waals surface area contributed by atoms with Gasteiger partial charge in [0.2, 0.25) is 5.91 Å². The van der Waals surface area contributed by atoms with Gasteiger partial charge in [-0.1, -0.05) is 74.5 Å². The number of rotatable bonds is 10. The Morgan fingerprint density at radius 2 is 1.29 bits per heavy atom. The fourth-order valence-electron chi connectivity index (χ4n) is 2.84. The fourth-order valence-corrected chi connectivity index (χ4v) is 2.84. The Morgan fingerprint density at radius 1 is 0.774 bits per heavy atom. The number of esters is 1. The van der Waals surface area contributed by atoms with Crippen LogP contribution in [-0.4, -0.2) is 30.1 Å². The minimum Gasteiger partial charge on any atom is -0.459 e. The third-order valence-electron chi connectivity index (χ3n) is 4.46. The summed E-state index contributed by atoms with van der Waals surface area (Å²) in [5.41, 5.74) is 1.70. The van der Waals surface area contributed by atoms with Crippen LogP contribution >= 0.6 is 0 Å². The maximum absolute atomic E-state index is 12.7. The van der Waals surface area contributed by atoms with Crippen LogP contribution in [0.15, 0.2) is 60.7 Å². The summed E-state index contributed by atoms with van der Waals surface area (Å²) in [7, 11) is 0. The molecule has 0 saturated heterocycles. The molecule has 0 radical (unpaired) electrons. The average molecular weight is 427 g/mol. The largest absolute Gasteiger partial charge is 0.459 e. The van der Waals surface area contributed by atoms with Crippen LogP contribution < -0.4 is 10.6 Å². The lowest BCUT2D eigenvalue weighted by atomic mass is 10.0. The van der Waals surface area contributed by atoms with Gasteiger partial charge in [-0.2, -0.15) is 0 Å². The molecule has 0 bridgehead atoms. The van der Waals surface area contributed by atoms with E-state index in [0.29, 0.717) is 6.42 Å². The highest BCUT2D eigenvalue weighted by Gasteiger charge is 2.26. The molecule has 7 nitrogen and oxygen atoms in total. The first-order valence-corrected chi connectivity index (χ1v) is 10.3. The molecule has 2 aromatic carbocycles. The summed E-state index contributed by atoms with van der Waals surface area (Å²) in [5, 5.41) is 5.21. The molecule has 0 aliphatic heterocycles. The molecule has 2 rings (SSSR count). The smallest absolute Gasteiger partial charge is 0.408 e. The number of nitrogens with one attached hydrogen (secondary N) is 2. The SMILES string of the molecule is CC(C)CC(NC(=O)OCc1ccccc1)C(=O)N[C@@H](C)C(=O)OCc1ccccc1. The highest BCUT2D eigenvalue weighted by molar-refractivity contribution is 5.89. The van der Waals surface area contributed by atoms with Gasteiger partial charge in [0.15, 0.2) is 0 Å². The second kappa shape index (κ2) is 12.4. The summed E-state index contributed by atoms with van der Waals surface area (Å²) in [6.45, 7) is 5.65. The van der Waals surface area contributed by atoms with E-state index < -0.39 is 30.1 Å². The molecule has 2 aromatic rings. The third-order valence-corrected chi connectivity index (χ3v) is 4.46. The van der Waals surface area contributed by atoms with Crippen molar-refractivity contribution in [1.82, 2.24) is 10.6 Å². The average Bonchev–Trinajstić information content (AvgIpc) is 2.76. The van der Waals surface area contributed by atoms with Gasteiger partial charge >= 0.3 is 12.1 Å². The second-order valence-corrected chi connectivity index (χ2v) is 7.71. The van der Waals surface area contributed by atoms with Crippen LogP contribution in [0.4, 0.5) is 4.79 Å². The van der Waals surface area contributed by atoms with E-state index in [1.807, 2.05) is 74.5 Å². The fraction of sp³-hybridized carbons (Fsp3) is 0.375. The maximum atomic E-state index is 12.7. The van der Waals surface area contributed by atoms with Crippen molar-refractivity contribution in [3.8, 4) is 0 Å². The Balaban J connectivity index is 1.85. The number of benzene rings is 2. The molecule has 2 amide bonds. The van der Waals surface area contributed by atoms with E-state index in [4.69, 9.17) is 9.47 Å². The molecule has 31 heavy (non-hydrogen) atoms. The summed E-state index contributed by atoms with van der Waals surface area (Å²) >= 11 is 0. The van der Waals surface area contributed by atoms with Gasteiger partial charge in [0.05, 0.1) is 0 Å². The van der Waals surface area contributed by atoms with Crippen LogP contribution in [-0.2, 0) is 32.3 Å². The first-order valence-electron chi connectivity index (χ1n) is 10.3. The Labute approximate surface area is 183 Å². The zero-order valence-corrected chi connectivity index (χ0v) is 18.2. The standard InChI is InChI=1S/C24H30N2O5/c1-17(2)14-21(26-24(29)31-16-20-12-8-5-9-13-20)22(27)25-18(3)23(28)30-15-19-10-6-4-7-11-19/h4-13,17-18,21H,14-16H2,1-3H3,(H,25,27)(H,26,29)/t18-,21?/m0/s1. The number of alkyl carbamates (subject to hydrolysis) is 1. The van der Waals surface area contributed by atoms with Crippen LogP contribution in [0.5, 0.6) is 0 Å². The van der Waals surface area contributed by atoms with Crippen molar-refractivity contribution >= 4 is 18.0 Å². The van der Waals surface area contributed by atoms with Crippen molar-refractivity contribution in [2.24, 2.45) is 5.92 Å². The van der Waals surface area contributed by atoms with Crippen LogP contribution in [0.1, 0.15) is 38.3 Å². The molecule has 0 heterocycles. The molecule has 0 aromatic heterocycles. The summed E-state index contributed by atoms with van der Waals surface area (Å²) < 4.78 is 10.5. The molecule has 2 atom stereocenters. The van der Waals surface area contributed by atoms with Gasteiger partial charge in [0, 0.05) is 0 Å². The lowest BCUT2D eigenvalue weighted by Gasteiger charge is -2.22. The Hall–Kier alpha value is -3.35. The highest BCUT2D eigenvalue weighted by atomic mass is 16.5. The van der Waals surface area contributed by atoms with Crippen molar-refractivity contribution in [2.75, 3.05) is 0 Å². The van der Waals surface area contributed by atoms with E-state index in [0.717, 1.165) is 11.1 Å². The first kappa shape index (κ1) is 23.9. The molecule has 2 N–H and O–H groups in total. The minimum absolute atomic E-state index is 0.102. The predicted molar refractivity (Wildman–Crippen MR) is 117 cm³/mol. The Morgan fingerprint density at radius 3 is 1.81 bits per heavy atom. The summed E-state index contributed by atoms with van der Waals surface area (Å²) in [6, 6.07) is 16.9. The molecular weight excluding hydrogens is 396 g/mol. The quantitative estimate of drug-likeness (QED) is 0.567. The molecule has 0 spiro atoms. The molecule has 166 valence electrons. The van der Waals surface area contributed by atoms with Crippen LogP contribution in [0, 0.1) is 5.92 Å².